The van der Waals surface area contributed by atoms with Crippen molar-refractivity contribution in [3.05, 3.63) is 0 Å². The van der Waals surface area contributed by atoms with Crippen LogP contribution in [-0.2, 0) is 9.47 Å². The van der Waals surface area contributed by atoms with E-state index in [1.54, 1.807) is 0 Å². The predicted molar refractivity (Wildman–Crippen MR) is 67.1 cm³/mol. The fourth-order valence-corrected chi connectivity index (χ4v) is 2.31. The Balaban J connectivity index is 2.61. The summed E-state index contributed by atoms with van der Waals surface area (Å²) in [7, 11) is 0. The van der Waals surface area contributed by atoms with Crippen molar-refractivity contribution >= 4 is 0 Å². The molecule has 0 aromatic heterocycles. The van der Waals surface area contributed by atoms with E-state index in [0.717, 1.165) is 19.3 Å². The quantitative estimate of drug-likeness (QED) is 0.660. The molecule has 108 valence electrons. The molecular weight excluding hydrogens is 236 g/mol. The Morgan fingerprint density at radius 1 is 1.33 bits per heavy atom. The molecule has 5 nitrogen and oxygen atoms in total. The summed E-state index contributed by atoms with van der Waals surface area (Å²) in [6, 6.07) is 0. The van der Waals surface area contributed by atoms with Crippen molar-refractivity contribution in [3.63, 3.8) is 0 Å². The Morgan fingerprint density at radius 2 is 2.00 bits per heavy atom. The van der Waals surface area contributed by atoms with Gasteiger partial charge in [0.05, 0.1) is 18.3 Å². The minimum atomic E-state index is -1.05. The van der Waals surface area contributed by atoms with Gasteiger partial charge in [0, 0.05) is 6.42 Å². The summed E-state index contributed by atoms with van der Waals surface area (Å²) in [5.74, 6) is 0. The van der Waals surface area contributed by atoms with E-state index in [1.807, 2.05) is 13.8 Å². The summed E-state index contributed by atoms with van der Waals surface area (Å²) in [6.45, 7) is 5.83. The fraction of sp³-hybridized carbons (Fsp3) is 1.00. The van der Waals surface area contributed by atoms with Gasteiger partial charge in [-0.25, -0.2) is 0 Å². The second-order valence-electron chi connectivity index (χ2n) is 5.25. The molecule has 1 saturated heterocycles. The molecule has 0 bridgehead atoms. The van der Waals surface area contributed by atoms with Crippen LogP contribution in [0.1, 0.15) is 46.5 Å². The lowest BCUT2D eigenvalue weighted by molar-refractivity contribution is -0.287. The third kappa shape index (κ3) is 3.90. The third-order valence-corrected chi connectivity index (χ3v) is 3.66. The summed E-state index contributed by atoms with van der Waals surface area (Å²) in [4.78, 5) is 0. The van der Waals surface area contributed by atoms with Gasteiger partial charge >= 0.3 is 0 Å². The topological polar surface area (TPSA) is 79.2 Å². The molecular formula is C13H26O5. The van der Waals surface area contributed by atoms with Gasteiger partial charge in [0.1, 0.15) is 12.2 Å². The van der Waals surface area contributed by atoms with Gasteiger partial charge in [-0.05, 0) is 19.8 Å². The highest BCUT2D eigenvalue weighted by Gasteiger charge is 2.39. The molecule has 5 atom stereocenters. The fourth-order valence-electron chi connectivity index (χ4n) is 2.31. The first kappa shape index (κ1) is 15.9. The van der Waals surface area contributed by atoms with Gasteiger partial charge in [0.15, 0.2) is 6.29 Å². The number of aliphatic hydroxyl groups is 3. The van der Waals surface area contributed by atoms with E-state index in [9.17, 15) is 10.2 Å². The van der Waals surface area contributed by atoms with Crippen LogP contribution in [0.15, 0.2) is 0 Å². The average molecular weight is 262 g/mol. The molecule has 1 aliphatic heterocycles. The van der Waals surface area contributed by atoms with E-state index in [4.69, 9.17) is 14.6 Å². The van der Waals surface area contributed by atoms with Gasteiger partial charge in [-0.15, -0.1) is 0 Å². The number of hydrogen-bond donors (Lipinski definition) is 3. The highest BCUT2D eigenvalue weighted by molar-refractivity contribution is 4.84. The van der Waals surface area contributed by atoms with Gasteiger partial charge in [-0.3, -0.25) is 0 Å². The van der Waals surface area contributed by atoms with Crippen molar-refractivity contribution in [3.8, 4) is 0 Å². The molecule has 0 amide bonds. The summed E-state index contributed by atoms with van der Waals surface area (Å²) >= 11 is 0. The van der Waals surface area contributed by atoms with E-state index < -0.39 is 24.6 Å². The standard InChI is InChI=1S/C13H26O5/c1-4-6-13(3,5-2)18-11-7-9(15)12(16)10(8-14)17-11/h9-12,14-16H,4-8H2,1-3H3/t9-,10-,11+,12-,13?/m1/s1. The van der Waals surface area contributed by atoms with Gasteiger partial charge in [0.2, 0.25) is 0 Å². The Morgan fingerprint density at radius 3 is 2.50 bits per heavy atom. The Kier molecular flexibility index (Phi) is 6.01. The molecule has 1 fully saturated rings. The summed E-state index contributed by atoms with van der Waals surface area (Å²) in [6.07, 6.45) is -0.312. The molecule has 0 saturated carbocycles. The third-order valence-electron chi connectivity index (χ3n) is 3.66. The minimum absolute atomic E-state index is 0.233. The molecule has 0 spiro atoms. The molecule has 0 radical (unpaired) electrons. The van der Waals surface area contributed by atoms with Crippen LogP contribution in [0.4, 0.5) is 0 Å². The van der Waals surface area contributed by atoms with E-state index in [0.29, 0.717) is 0 Å². The average Bonchev–Trinajstić information content (AvgIpc) is 2.33. The first-order valence-electron chi connectivity index (χ1n) is 6.76. The predicted octanol–water partition coefficient (Wildman–Crippen LogP) is 0.801. The zero-order chi connectivity index (χ0) is 13.8. The maximum atomic E-state index is 9.73. The van der Waals surface area contributed by atoms with E-state index >= 15 is 0 Å². The number of aliphatic hydroxyl groups excluding tert-OH is 3. The summed E-state index contributed by atoms with van der Waals surface area (Å²) in [5.41, 5.74) is -0.290. The van der Waals surface area contributed by atoms with Crippen LogP contribution in [-0.4, -0.2) is 52.1 Å². The molecule has 0 aliphatic carbocycles. The van der Waals surface area contributed by atoms with Crippen LogP contribution >= 0.6 is 0 Å². The molecule has 0 aromatic carbocycles. The Hall–Kier alpha value is -0.200. The summed E-state index contributed by atoms with van der Waals surface area (Å²) in [5, 5.41) is 28.5. The maximum Gasteiger partial charge on any atom is 0.161 e. The Bertz CT molecular complexity index is 248. The lowest BCUT2D eigenvalue weighted by Crippen LogP contribution is -2.52. The van der Waals surface area contributed by atoms with Crippen LogP contribution in [0.3, 0.4) is 0 Å². The van der Waals surface area contributed by atoms with E-state index in [-0.39, 0.29) is 18.6 Å². The van der Waals surface area contributed by atoms with E-state index in [1.165, 1.54) is 0 Å². The molecule has 1 unspecified atom stereocenters. The van der Waals surface area contributed by atoms with Crippen molar-refractivity contribution in [1.82, 2.24) is 0 Å². The van der Waals surface area contributed by atoms with Crippen LogP contribution in [0.25, 0.3) is 0 Å². The maximum absolute atomic E-state index is 9.73. The van der Waals surface area contributed by atoms with E-state index in [2.05, 4.69) is 6.92 Å². The van der Waals surface area contributed by atoms with Crippen molar-refractivity contribution < 1.29 is 24.8 Å². The molecule has 1 rings (SSSR count). The van der Waals surface area contributed by atoms with Crippen LogP contribution in [0, 0.1) is 0 Å². The number of hydrogen-bond acceptors (Lipinski definition) is 5. The van der Waals surface area contributed by atoms with Crippen molar-refractivity contribution in [2.75, 3.05) is 6.61 Å². The normalized spacial score (nSPS) is 36.3. The molecule has 18 heavy (non-hydrogen) atoms. The molecule has 1 aliphatic rings. The largest absolute Gasteiger partial charge is 0.394 e. The SMILES string of the molecule is CCCC(C)(CC)O[C@H]1C[C@@H](O)[C@@H](O)[C@@H](CO)O1. The zero-order valence-electron chi connectivity index (χ0n) is 11.5. The first-order chi connectivity index (χ1) is 8.45. The summed E-state index contributed by atoms with van der Waals surface area (Å²) < 4.78 is 11.4. The second kappa shape index (κ2) is 6.82. The number of ether oxygens (including phenoxy) is 2. The molecule has 3 N–H and O–H groups in total. The minimum Gasteiger partial charge on any atom is -0.394 e. The lowest BCUT2D eigenvalue weighted by Gasteiger charge is -2.40. The Labute approximate surface area is 109 Å². The monoisotopic (exact) mass is 262 g/mol. The second-order valence-corrected chi connectivity index (χ2v) is 5.25. The highest BCUT2D eigenvalue weighted by atomic mass is 16.7. The van der Waals surface area contributed by atoms with Crippen molar-refractivity contribution in [2.45, 2.75) is 76.7 Å². The first-order valence-corrected chi connectivity index (χ1v) is 6.76. The van der Waals surface area contributed by atoms with Gasteiger partial charge in [0.25, 0.3) is 0 Å². The highest BCUT2D eigenvalue weighted by Crippen LogP contribution is 2.29. The van der Waals surface area contributed by atoms with Crippen molar-refractivity contribution in [2.24, 2.45) is 0 Å². The van der Waals surface area contributed by atoms with Gasteiger partial charge in [-0.2, -0.15) is 0 Å². The number of rotatable bonds is 6. The van der Waals surface area contributed by atoms with Gasteiger partial charge < -0.3 is 24.8 Å². The zero-order valence-corrected chi connectivity index (χ0v) is 11.5. The van der Waals surface area contributed by atoms with Gasteiger partial charge in [-0.1, -0.05) is 20.3 Å². The van der Waals surface area contributed by atoms with Crippen LogP contribution in [0.5, 0.6) is 0 Å². The molecule has 0 aromatic rings. The lowest BCUT2D eigenvalue weighted by atomic mass is 9.96. The molecule has 1 heterocycles. The van der Waals surface area contributed by atoms with Crippen molar-refractivity contribution in [1.29, 1.82) is 0 Å². The van der Waals surface area contributed by atoms with Crippen LogP contribution < -0.4 is 0 Å². The molecule has 5 heteroatoms. The smallest absolute Gasteiger partial charge is 0.161 e. The van der Waals surface area contributed by atoms with Crippen LogP contribution in [0.2, 0.25) is 0 Å².